The average Bonchev–Trinajstić information content (AvgIpc) is 3.11. The number of rotatable bonds is 5. The van der Waals surface area contributed by atoms with Gasteiger partial charge in [0.2, 0.25) is 0 Å². The third-order valence-electron chi connectivity index (χ3n) is 4.68. The molecule has 0 aliphatic carbocycles. The Morgan fingerprint density at radius 2 is 1.83 bits per heavy atom. The smallest absolute Gasteiger partial charge is 0.346 e. The molecule has 1 N–H and O–H groups in total. The highest BCUT2D eigenvalue weighted by molar-refractivity contribution is 7.90. The summed E-state index contributed by atoms with van der Waals surface area (Å²) in [6, 6.07) is 17.8. The quantitative estimate of drug-likeness (QED) is 0.491. The lowest BCUT2D eigenvalue weighted by atomic mass is 10.1. The molecule has 7 heteroatoms. The first kappa shape index (κ1) is 19.3. The van der Waals surface area contributed by atoms with Crippen molar-refractivity contribution in [2.75, 3.05) is 0 Å². The van der Waals surface area contributed by atoms with Crippen LogP contribution in [0.15, 0.2) is 71.8 Å². The molecule has 4 aromatic rings. The van der Waals surface area contributed by atoms with Crippen molar-refractivity contribution in [2.24, 2.45) is 0 Å². The van der Waals surface area contributed by atoms with Crippen LogP contribution in [-0.4, -0.2) is 24.5 Å². The Balaban J connectivity index is 1.82. The Morgan fingerprint density at radius 1 is 1.07 bits per heavy atom. The van der Waals surface area contributed by atoms with Crippen LogP contribution in [0.5, 0.6) is 0 Å². The Kier molecular flexibility index (Phi) is 4.94. The van der Waals surface area contributed by atoms with E-state index in [9.17, 15) is 18.3 Å². The molecule has 0 bridgehead atoms. The maximum Gasteiger partial charge on any atom is 0.346 e. The lowest BCUT2D eigenvalue weighted by Gasteiger charge is -2.07. The number of carboxylic acids is 1. The summed E-state index contributed by atoms with van der Waals surface area (Å²) < 4.78 is 25.9. The van der Waals surface area contributed by atoms with Gasteiger partial charge in [-0.25, -0.2) is 13.2 Å². The summed E-state index contributed by atoms with van der Waals surface area (Å²) in [4.78, 5) is 17.2. The summed E-state index contributed by atoms with van der Waals surface area (Å²) in [5.41, 5.74) is 2.46. The number of sulfone groups is 1. The molecule has 29 heavy (non-hydrogen) atoms. The monoisotopic (exact) mass is 423 g/mol. The average molecular weight is 424 g/mol. The summed E-state index contributed by atoms with van der Waals surface area (Å²) in [5, 5.41) is 10.6. The molecule has 0 fully saturated rings. The lowest BCUT2D eigenvalue weighted by Crippen LogP contribution is -2.08. The largest absolute Gasteiger partial charge is 0.477 e. The summed E-state index contributed by atoms with van der Waals surface area (Å²) in [5.74, 6) is -1.50. The minimum Gasteiger partial charge on any atom is -0.477 e. The number of nitrogens with zero attached hydrogens (tertiary/aromatic N) is 1. The molecule has 2 aromatic carbocycles. The minimum atomic E-state index is -3.68. The van der Waals surface area contributed by atoms with Crippen molar-refractivity contribution in [3.8, 4) is 10.4 Å². The second-order valence-electron chi connectivity index (χ2n) is 6.68. The van der Waals surface area contributed by atoms with E-state index in [1.54, 1.807) is 43.5 Å². The van der Waals surface area contributed by atoms with Gasteiger partial charge in [-0.2, -0.15) is 0 Å². The van der Waals surface area contributed by atoms with E-state index in [0.29, 0.717) is 10.4 Å². The standard InChI is InChI=1S/C22H17NO4S2/c1-14-6-2-3-10-19(14)29(26,27)13-16-12-18(28-21(16)22(24)25)17-9-4-7-15-8-5-11-23-20(15)17/h2-12H,13H2,1H3,(H,24,25). The molecule has 5 nitrogen and oxygen atoms in total. The maximum atomic E-state index is 13.0. The van der Waals surface area contributed by atoms with Crippen molar-refractivity contribution < 1.29 is 18.3 Å². The van der Waals surface area contributed by atoms with Gasteiger partial charge in [0.05, 0.1) is 16.2 Å². The molecule has 0 radical (unpaired) electrons. The van der Waals surface area contributed by atoms with Crippen molar-refractivity contribution in [1.29, 1.82) is 0 Å². The number of fused-ring (bicyclic) bond motifs is 1. The van der Waals surface area contributed by atoms with Crippen molar-refractivity contribution in [3.05, 3.63) is 82.9 Å². The number of carbonyl (C=O) groups is 1. The molecule has 0 spiro atoms. The van der Waals surface area contributed by atoms with Gasteiger partial charge in [0.1, 0.15) is 4.88 Å². The molecule has 0 unspecified atom stereocenters. The second kappa shape index (κ2) is 7.42. The molecule has 0 atom stereocenters. The van der Waals surface area contributed by atoms with Crippen LogP contribution in [0.3, 0.4) is 0 Å². The summed E-state index contributed by atoms with van der Waals surface area (Å²) in [6.45, 7) is 1.73. The van der Waals surface area contributed by atoms with Gasteiger partial charge in [0.15, 0.2) is 9.84 Å². The van der Waals surface area contributed by atoms with Crippen LogP contribution >= 0.6 is 11.3 Å². The first-order valence-electron chi connectivity index (χ1n) is 8.85. The number of aryl methyl sites for hydroxylation is 1. The summed E-state index contributed by atoms with van der Waals surface area (Å²) in [7, 11) is -3.68. The molecule has 2 aromatic heterocycles. The van der Waals surface area contributed by atoms with Crippen LogP contribution < -0.4 is 0 Å². The van der Waals surface area contributed by atoms with E-state index in [2.05, 4.69) is 4.98 Å². The van der Waals surface area contributed by atoms with E-state index in [0.717, 1.165) is 27.8 Å². The Labute approximate surface area is 172 Å². The Morgan fingerprint density at radius 3 is 2.59 bits per heavy atom. The van der Waals surface area contributed by atoms with Gasteiger partial charge < -0.3 is 5.11 Å². The number of hydrogen-bond acceptors (Lipinski definition) is 5. The fourth-order valence-corrected chi connectivity index (χ4v) is 6.11. The lowest BCUT2D eigenvalue weighted by molar-refractivity contribution is 0.0701. The van der Waals surface area contributed by atoms with E-state index >= 15 is 0 Å². The predicted octanol–water partition coefficient (Wildman–Crippen LogP) is 4.94. The maximum absolute atomic E-state index is 13.0. The summed E-state index contributed by atoms with van der Waals surface area (Å²) in [6.07, 6.45) is 1.68. The van der Waals surface area contributed by atoms with Crippen LogP contribution in [0.2, 0.25) is 0 Å². The molecule has 0 aliphatic heterocycles. The number of hydrogen-bond donors (Lipinski definition) is 1. The fraction of sp³-hybridized carbons (Fsp3) is 0.0909. The van der Waals surface area contributed by atoms with Crippen LogP contribution in [0.4, 0.5) is 0 Å². The first-order valence-corrected chi connectivity index (χ1v) is 11.3. The molecule has 146 valence electrons. The molecule has 0 saturated heterocycles. The first-order chi connectivity index (χ1) is 13.9. The van der Waals surface area contributed by atoms with Crippen molar-refractivity contribution in [2.45, 2.75) is 17.6 Å². The third-order valence-corrected chi connectivity index (χ3v) is 7.69. The van der Waals surface area contributed by atoms with Gasteiger partial charge in [-0.05, 0) is 36.2 Å². The van der Waals surface area contributed by atoms with E-state index in [1.165, 1.54) is 0 Å². The fourth-order valence-electron chi connectivity index (χ4n) is 3.34. The zero-order valence-corrected chi connectivity index (χ0v) is 17.1. The van der Waals surface area contributed by atoms with Crippen molar-refractivity contribution in [1.82, 2.24) is 4.98 Å². The number of pyridine rings is 1. The van der Waals surface area contributed by atoms with Gasteiger partial charge in [-0.3, -0.25) is 4.98 Å². The van der Waals surface area contributed by atoms with Crippen molar-refractivity contribution >= 4 is 38.0 Å². The minimum absolute atomic E-state index is 0.0325. The zero-order chi connectivity index (χ0) is 20.6. The van der Waals surface area contributed by atoms with Gasteiger partial charge in [0.25, 0.3) is 0 Å². The molecular formula is C22H17NO4S2. The van der Waals surface area contributed by atoms with E-state index in [4.69, 9.17) is 0 Å². The molecule has 0 aliphatic rings. The van der Waals surface area contributed by atoms with Crippen LogP contribution in [0, 0.1) is 6.92 Å². The number of aromatic nitrogens is 1. The van der Waals surface area contributed by atoms with E-state index < -0.39 is 15.8 Å². The van der Waals surface area contributed by atoms with Gasteiger partial charge >= 0.3 is 5.97 Å². The predicted molar refractivity (Wildman–Crippen MR) is 114 cm³/mol. The van der Waals surface area contributed by atoms with Crippen LogP contribution in [-0.2, 0) is 15.6 Å². The van der Waals surface area contributed by atoms with E-state index in [1.807, 2.05) is 30.3 Å². The summed E-state index contributed by atoms with van der Waals surface area (Å²) >= 11 is 1.07. The number of thiophene rings is 1. The van der Waals surface area contributed by atoms with Gasteiger partial charge in [-0.1, -0.05) is 42.5 Å². The van der Waals surface area contributed by atoms with Gasteiger partial charge in [-0.15, -0.1) is 11.3 Å². The van der Waals surface area contributed by atoms with E-state index in [-0.39, 0.29) is 21.1 Å². The van der Waals surface area contributed by atoms with Crippen LogP contribution in [0.25, 0.3) is 21.3 Å². The number of para-hydroxylation sites is 1. The number of aromatic carboxylic acids is 1. The number of carboxylic acid groups (broad SMARTS) is 1. The molecule has 4 rings (SSSR count). The molecule has 2 heterocycles. The molecule has 0 amide bonds. The zero-order valence-electron chi connectivity index (χ0n) is 15.5. The van der Waals surface area contributed by atoms with Crippen LogP contribution in [0.1, 0.15) is 20.8 Å². The molecular weight excluding hydrogens is 406 g/mol. The second-order valence-corrected chi connectivity index (χ2v) is 9.69. The normalized spacial score (nSPS) is 11.6. The van der Waals surface area contributed by atoms with Gasteiger partial charge in [0, 0.05) is 22.0 Å². The third kappa shape index (κ3) is 3.66. The topological polar surface area (TPSA) is 84.3 Å². The Bertz CT molecular complexity index is 1330. The highest BCUT2D eigenvalue weighted by Gasteiger charge is 2.24. The van der Waals surface area contributed by atoms with Crippen molar-refractivity contribution in [3.63, 3.8) is 0 Å². The SMILES string of the molecule is Cc1ccccc1S(=O)(=O)Cc1cc(-c2cccc3cccnc23)sc1C(=O)O. The highest BCUT2D eigenvalue weighted by Crippen LogP contribution is 2.36. The number of benzene rings is 2. The highest BCUT2D eigenvalue weighted by atomic mass is 32.2. The Hall–Kier alpha value is -3.03. The molecule has 0 saturated carbocycles.